The molecule has 4 nitrogen and oxygen atoms in total. The molecule has 106 valence electrons. The van der Waals surface area contributed by atoms with Crippen molar-refractivity contribution in [2.75, 3.05) is 20.3 Å². The van der Waals surface area contributed by atoms with Crippen LogP contribution in [0.25, 0.3) is 0 Å². The SMILES string of the molecule is COCC(CCO)NC(=O)CCc1ccc(F)cc1. The summed E-state index contributed by atoms with van der Waals surface area (Å²) < 4.78 is 17.7. The van der Waals surface area contributed by atoms with Crippen LogP contribution < -0.4 is 5.32 Å². The summed E-state index contributed by atoms with van der Waals surface area (Å²) >= 11 is 0. The number of carbonyl (C=O) groups is 1. The van der Waals surface area contributed by atoms with Gasteiger partial charge < -0.3 is 15.2 Å². The molecule has 1 atom stereocenters. The van der Waals surface area contributed by atoms with Crippen molar-refractivity contribution in [1.29, 1.82) is 0 Å². The molecule has 0 fully saturated rings. The molecular weight excluding hydrogens is 249 g/mol. The predicted octanol–water partition coefficient (Wildman–Crippen LogP) is 1.27. The van der Waals surface area contributed by atoms with Crippen LogP contribution in [0.4, 0.5) is 4.39 Å². The second-order valence-electron chi connectivity index (χ2n) is 4.36. The first-order valence-electron chi connectivity index (χ1n) is 6.29. The van der Waals surface area contributed by atoms with E-state index in [-0.39, 0.29) is 24.4 Å². The summed E-state index contributed by atoms with van der Waals surface area (Å²) in [5.74, 6) is -0.379. The Bertz CT molecular complexity index is 375. The van der Waals surface area contributed by atoms with Crippen LogP contribution in [0, 0.1) is 5.82 Å². The van der Waals surface area contributed by atoms with E-state index in [1.165, 1.54) is 12.1 Å². The molecule has 0 heterocycles. The first-order valence-corrected chi connectivity index (χ1v) is 6.29. The molecule has 1 amide bonds. The van der Waals surface area contributed by atoms with Gasteiger partial charge in [-0.15, -0.1) is 0 Å². The Morgan fingerprint density at radius 3 is 2.68 bits per heavy atom. The van der Waals surface area contributed by atoms with Gasteiger partial charge in [0.05, 0.1) is 12.6 Å². The number of hydrogen-bond acceptors (Lipinski definition) is 3. The van der Waals surface area contributed by atoms with E-state index in [0.717, 1.165) is 5.56 Å². The van der Waals surface area contributed by atoms with E-state index in [0.29, 0.717) is 25.9 Å². The highest BCUT2D eigenvalue weighted by atomic mass is 19.1. The number of methoxy groups -OCH3 is 1. The lowest BCUT2D eigenvalue weighted by Crippen LogP contribution is -2.38. The second kappa shape index (κ2) is 8.61. The first-order chi connectivity index (χ1) is 9.15. The third-order valence-electron chi connectivity index (χ3n) is 2.76. The van der Waals surface area contributed by atoms with E-state index in [1.807, 2.05) is 0 Å². The van der Waals surface area contributed by atoms with Crippen LogP contribution in [0.5, 0.6) is 0 Å². The number of aliphatic hydroxyl groups excluding tert-OH is 1. The van der Waals surface area contributed by atoms with Gasteiger partial charge in [-0.1, -0.05) is 12.1 Å². The minimum absolute atomic E-state index is 0.00622. The normalized spacial score (nSPS) is 12.2. The Morgan fingerprint density at radius 2 is 2.11 bits per heavy atom. The second-order valence-corrected chi connectivity index (χ2v) is 4.36. The largest absolute Gasteiger partial charge is 0.396 e. The van der Waals surface area contributed by atoms with Crippen molar-refractivity contribution in [2.24, 2.45) is 0 Å². The number of aryl methyl sites for hydroxylation is 1. The molecule has 0 saturated carbocycles. The van der Waals surface area contributed by atoms with Gasteiger partial charge in [0.2, 0.25) is 5.91 Å². The van der Waals surface area contributed by atoms with Gasteiger partial charge in [0.15, 0.2) is 0 Å². The average Bonchev–Trinajstić information content (AvgIpc) is 2.39. The molecule has 0 bridgehead atoms. The van der Waals surface area contributed by atoms with E-state index < -0.39 is 0 Å². The molecule has 0 aliphatic heterocycles. The maximum absolute atomic E-state index is 12.7. The van der Waals surface area contributed by atoms with Gasteiger partial charge in [-0.05, 0) is 30.5 Å². The van der Waals surface area contributed by atoms with Crippen molar-refractivity contribution in [3.63, 3.8) is 0 Å². The molecule has 1 rings (SSSR count). The Labute approximate surface area is 112 Å². The van der Waals surface area contributed by atoms with Crippen molar-refractivity contribution in [3.8, 4) is 0 Å². The summed E-state index contributed by atoms with van der Waals surface area (Å²) in [6, 6.07) is 5.93. The van der Waals surface area contributed by atoms with Crippen LogP contribution in [0.3, 0.4) is 0 Å². The number of hydrogen-bond donors (Lipinski definition) is 2. The lowest BCUT2D eigenvalue weighted by Gasteiger charge is -2.16. The number of amides is 1. The molecule has 2 N–H and O–H groups in total. The van der Waals surface area contributed by atoms with Gasteiger partial charge >= 0.3 is 0 Å². The zero-order valence-electron chi connectivity index (χ0n) is 11.1. The minimum atomic E-state index is -0.281. The van der Waals surface area contributed by atoms with E-state index in [9.17, 15) is 9.18 Å². The minimum Gasteiger partial charge on any atom is -0.396 e. The van der Waals surface area contributed by atoms with E-state index in [4.69, 9.17) is 9.84 Å². The number of aliphatic hydroxyl groups is 1. The monoisotopic (exact) mass is 269 g/mol. The molecule has 0 saturated heterocycles. The lowest BCUT2D eigenvalue weighted by atomic mass is 10.1. The van der Waals surface area contributed by atoms with Crippen LogP contribution in [-0.2, 0) is 16.0 Å². The molecule has 1 aromatic carbocycles. The highest BCUT2D eigenvalue weighted by molar-refractivity contribution is 5.76. The van der Waals surface area contributed by atoms with Crippen LogP contribution in [-0.4, -0.2) is 37.4 Å². The maximum Gasteiger partial charge on any atom is 0.220 e. The quantitative estimate of drug-likeness (QED) is 0.747. The van der Waals surface area contributed by atoms with Crippen molar-refractivity contribution in [2.45, 2.75) is 25.3 Å². The smallest absolute Gasteiger partial charge is 0.220 e. The van der Waals surface area contributed by atoms with Gasteiger partial charge in [0, 0.05) is 20.1 Å². The fraction of sp³-hybridized carbons (Fsp3) is 0.500. The third kappa shape index (κ3) is 6.31. The Balaban J connectivity index is 2.35. The highest BCUT2D eigenvalue weighted by Crippen LogP contribution is 2.05. The van der Waals surface area contributed by atoms with Gasteiger partial charge in [-0.3, -0.25) is 4.79 Å². The van der Waals surface area contributed by atoms with E-state index >= 15 is 0 Å². The topological polar surface area (TPSA) is 58.6 Å². The first kappa shape index (κ1) is 15.6. The molecule has 5 heteroatoms. The van der Waals surface area contributed by atoms with Gasteiger partial charge in [0.1, 0.15) is 5.82 Å². The number of nitrogens with one attached hydrogen (secondary N) is 1. The molecule has 19 heavy (non-hydrogen) atoms. The van der Waals surface area contributed by atoms with Crippen LogP contribution in [0.2, 0.25) is 0 Å². The summed E-state index contributed by atoms with van der Waals surface area (Å²) in [5, 5.41) is 11.7. The number of carbonyl (C=O) groups excluding carboxylic acids is 1. The molecule has 1 aromatic rings. The zero-order chi connectivity index (χ0) is 14.1. The summed E-state index contributed by atoms with van der Waals surface area (Å²) in [5.41, 5.74) is 0.919. The van der Waals surface area contributed by atoms with Gasteiger partial charge in [-0.2, -0.15) is 0 Å². The molecule has 0 aliphatic rings. The molecular formula is C14H20FNO3. The number of ether oxygens (including phenoxy) is 1. The number of rotatable bonds is 8. The van der Waals surface area contributed by atoms with Gasteiger partial charge in [0.25, 0.3) is 0 Å². The van der Waals surface area contributed by atoms with E-state index in [1.54, 1.807) is 19.2 Å². The third-order valence-corrected chi connectivity index (χ3v) is 2.76. The molecule has 0 spiro atoms. The average molecular weight is 269 g/mol. The predicted molar refractivity (Wildman–Crippen MR) is 70.2 cm³/mol. The lowest BCUT2D eigenvalue weighted by molar-refractivity contribution is -0.122. The van der Waals surface area contributed by atoms with Crippen LogP contribution in [0.1, 0.15) is 18.4 Å². The molecule has 0 radical (unpaired) electrons. The zero-order valence-corrected chi connectivity index (χ0v) is 11.1. The number of benzene rings is 1. The van der Waals surface area contributed by atoms with Crippen LogP contribution in [0.15, 0.2) is 24.3 Å². The number of halogens is 1. The fourth-order valence-corrected chi connectivity index (χ4v) is 1.76. The summed E-state index contributed by atoms with van der Waals surface area (Å²) in [6.45, 7) is 0.384. The molecule has 0 aromatic heterocycles. The Morgan fingerprint density at radius 1 is 1.42 bits per heavy atom. The van der Waals surface area contributed by atoms with Gasteiger partial charge in [-0.25, -0.2) is 4.39 Å². The highest BCUT2D eigenvalue weighted by Gasteiger charge is 2.11. The standard InChI is InChI=1S/C14H20FNO3/c1-19-10-13(8-9-17)16-14(18)7-4-11-2-5-12(15)6-3-11/h2-3,5-6,13,17H,4,7-10H2,1H3,(H,16,18). The summed E-state index contributed by atoms with van der Waals surface area (Å²) in [7, 11) is 1.55. The Kier molecular flexibility index (Phi) is 7.07. The van der Waals surface area contributed by atoms with E-state index in [2.05, 4.69) is 5.32 Å². The summed E-state index contributed by atoms with van der Waals surface area (Å²) in [6.07, 6.45) is 1.36. The Hall–Kier alpha value is -1.46. The van der Waals surface area contributed by atoms with Crippen LogP contribution >= 0.6 is 0 Å². The summed E-state index contributed by atoms with van der Waals surface area (Å²) in [4.78, 5) is 11.7. The molecule has 0 aliphatic carbocycles. The molecule has 1 unspecified atom stereocenters. The maximum atomic E-state index is 12.7. The fourth-order valence-electron chi connectivity index (χ4n) is 1.76. The van der Waals surface area contributed by atoms with Crippen molar-refractivity contribution >= 4 is 5.91 Å². The van der Waals surface area contributed by atoms with Crippen molar-refractivity contribution < 1.29 is 19.0 Å². The van der Waals surface area contributed by atoms with Crippen molar-refractivity contribution in [1.82, 2.24) is 5.32 Å². The van der Waals surface area contributed by atoms with Crippen molar-refractivity contribution in [3.05, 3.63) is 35.6 Å².